The number of aromatic nitrogens is 2. The van der Waals surface area contributed by atoms with Crippen LogP contribution in [0, 0.1) is 0 Å². The zero-order chi connectivity index (χ0) is 45.0. The normalized spacial score (nSPS) is 11.5. The van der Waals surface area contributed by atoms with Crippen LogP contribution in [0.2, 0.25) is 0 Å². The molecule has 0 aliphatic rings. The molecule has 0 unspecified atom stereocenters. The highest BCUT2D eigenvalue weighted by molar-refractivity contribution is 6.13. The molecule has 2 heterocycles. The highest BCUT2D eigenvalue weighted by Gasteiger charge is 2.17. The molecule has 318 valence electrons. The summed E-state index contributed by atoms with van der Waals surface area (Å²) in [5, 5.41) is 4.94. The molecule has 0 aliphatic carbocycles. The minimum atomic E-state index is 1.15. The summed E-state index contributed by atoms with van der Waals surface area (Å²) in [5.74, 6) is 0. The van der Waals surface area contributed by atoms with E-state index < -0.39 is 0 Å². The van der Waals surface area contributed by atoms with E-state index in [0.29, 0.717) is 0 Å². The molecule has 0 fully saturated rings. The molecule has 0 bridgehead atoms. The largest absolute Gasteiger partial charge is 0.309 e. The Kier molecular flexibility index (Phi) is 9.54. The lowest BCUT2D eigenvalue weighted by atomic mass is 9.96. The Morgan fingerprint density at radius 2 is 0.382 bits per heavy atom. The predicted octanol–water partition coefficient (Wildman–Crippen LogP) is 17.9. The number of hydrogen-bond acceptors (Lipinski definition) is 0. The number of hydrogen-bond donors (Lipinski definition) is 0. The Morgan fingerprint density at radius 1 is 0.162 bits per heavy atom. The van der Waals surface area contributed by atoms with Crippen molar-refractivity contribution in [3.63, 3.8) is 0 Å². The van der Waals surface area contributed by atoms with Gasteiger partial charge in [0, 0.05) is 32.9 Å². The molecule has 68 heavy (non-hydrogen) atoms. The molecule has 0 saturated heterocycles. The zero-order valence-electron chi connectivity index (χ0n) is 37.3. The van der Waals surface area contributed by atoms with E-state index in [0.717, 1.165) is 11.4 Å². The van der Waals surface area contributed by atoms with Crippen LogP contribution in [0.15, 0.2) is 267 Å². The molecular weight excluding hydrogens is 821 g/mol. The number of nitrogens with zero attached hydrogens (tertiary/aromatic N) is 2. The van der Waals surface area contributed by atoms with Gasteiger partial charge in [-0.1, -0.05) is 182 Å². The van der Waals surface area contributed by atoms with Gasteiger partial charge in [0.2, 0.25) is 0 Å². The second kappa shape index (κ2) is 16.5. The van der Waals surface area contributed by atoms with E-state index in [1.807, 2.05) is 0 Å². The molecule has 13 aromatic rings. The van der Waals surface area contributed by atoms with E-state index in [4.69, 9.17) is 0 Å². The molecule has 2 nitrogen and oxygen atoms in total. The Balaban J connectivity index is 0.894. The van der Waals surface area contributed by atoms with E-state index in [-0.39, 0.29) is 0 Å². The lowest BCUT2D eigenvalue weighted by Crippen LogP contribution is -1.93. The maximum absolute atomic E-state index is 2.40. The van der Waals surface area contributed by atoms with Crippen molar-refractivity contribution >= 4 is 43.6 Å². The van der Waals surface area contributed by atoms with Gasteiger partial charge in [-0.2, -0.15) is 0 Å². The van der Waals surface area contributed by atoms with Crippen LogP contribution in [0.5, 0.6) is 0 Å². The first kappa shape index (κ1) is 39.4. The van der Waals surface area contributed by atoms with Gasteiger partial charge in [-0.05, 0) is 152 Å². The second-order valence-corrected chi connectivity index (χ2v) is 17.7. The van der Waals surface area contributed by atoms with Crippen molar-refractivity contribution in [1.29, 1.82) is 0 Å². The highest BCUT2D eigenvalue weighted by atomic mass is 15.0. The molecule has 0 spiro atoms. The van der Waals surface area contributed by atoms with Gasteiger partial charge in [-0.25, -0.2) is 0 Å². The van der Waals surface area contributed by atoms with E-state index >= 15 is 0 Å². The van der Waals surface area contributed by atoms with Gasteiger partial charge in [0.1, 0.15) is 0 Å². The van der Waals surface area contributed by atoms with Gasteiger partial charge < -0.3 is 9.13 Å². The topological polar surface area (TPSA) is 9.86 Å². The molecule has 13 rings (SSSR count). The first-order valence-electron chi connectivity index (χ1n) is 23.4. The van der Waals surface area contributed by atoms with Crippen LogP contribution in [0.25, 0.3) is 122 Å². The number of fused-ring (bicyclic) bond motifs is 6. The van der Waals surface area contributed by atoms with Gasteiger partial charge in [0.25, 0.3) is 0 Å². The molecule has 0 amide bonds. The smallest absolute Gasteiger partial charge is 0.0541 e. The second-order valence-electron chi connectivity index (χ2n) is 17.7. The molecule has 0 saturated carbocycles. The average Bonchev–Trinajstić information content (AvgIpc) is 3.93. The van der Waals surface area contributed by atoms with Crippen LogP contribution in [-0.4, -0.2) is 9.13 Å². The summed E-state index contributed by atoms with van der Waals surface area (Å²) in [7, 11) is 0. The Morgan fingerprint density at radius 3 is 0.706 bits per heavy atom. The Labute approximate surface area is 395 Å². The molecular formula is C66H44N2. The van der Waals surface area contributed by atoms with Crippen LogP contribution in [0.3, 0.4) is 0 Å². The lowest BCUT2D eigenvalue weighted by molar-refractivity contribution is 1.18. The van der Waals surface area contributed by atoms with E-state index in [9.17, 15) is 0 Å². The third-order valence-corrected chi connectivity index (χ3v) is 13.7. The van der Waals surface area contributed by atoms with Gasteiger partial charge >= 0.3 is 0 Å². The molecule has 0 atom stereocenters. The van der Waals surface area contributed by atoms with Gasteiger partial charge in [-0.15, -0.1) is 0 Å². The van der Waals surface area contributed by atoms with E-state index in [2.05, 4.69) is 276 Å². The van der Waals surface area contributed by atoms with Crippen molar-refractivity contribution < 1.29 is 0 Å². The van der Waals surface area contributed by atoms with E-state index in [1.54, 1.807) is 0 Å². The number of para-hydroxylation sites is 2. The maximum atomic E-state index is 2.40. The standard InChI is InChI=1S/C66H44N2/c1-5-15-45(16-6-1)49-19-13-21-51(39-49)55-33-37-65-61(43-55)59-41-53(31-35-63(59)67(65)57-23-9-3-10-24-57)47-27-29-48(30-28-47)54-32-36-64-60(42-54)62-44-56(34-38-66(62)68(64)58-25-11-4-12-26-58)52-22-14-20-50(40-52)46-17-7-2-8-18-46/h1-44H. The monoisotopic (exact) mass is 864 g/mol. The van der Waals surface area contributed by atoms with Crippen molar-refractivity contribution in [3.05, 3.63) is 267 Å². The Bertz CT molecular complexity index is 3710. The SMILES string of the molecule is c1ccc(-c2cccc(-c3ccc4c(c3)c3cc(-c5ccc(-c6ccc7c(c6)c6cc(-c8cccc(-c9ccccc9)c8)ccc6n7-c6ccccc6)cc5)ccc3n4-c3ccccc3)c2)cc1. The molecule has 0 radical (unpaired) electrons. The fourth-order valence-electron chi connectivity index (χ4n) is 10.3. The number of rotatable bonds is 8. The predicted molar refractivity (Wildman–Crippen MR) is 288 cm³/mol. The van der Waals surface area contributed by atoms with Crippen LogP contribution in [-0.2, 0) is 0 Å². The summed E-state index contributed by atoms with van der Waals surface area (Å²) >= 11 is 0. The van der Waals surface area contributed by atoms with Crippen molar-refractivity contribution in [1.82, 2.24) is 9.13 Å². The number of benzene rings is 11. The van der Waals surface area contributed by atoms with Crippen LogP contribution in [0.4, 0.5) is 0 Å². The maximum Gasteiger partial charge on any atom is 0.0541 e. The molecule has 0 N–H and O–H groups in total. The summed E-state index contributed by atoms with van der Waals surface area (Å²) in [5.41, 5.74) is 21.5. The summed E-state index contributed by atoms with van der Waals surface area (Å²) in [6, 6.07) is 97.4. The molecule has 0 aliphatic heterocycles. The molecule has 2 heteroatoms. The fourth-order valence-corrected chi connectivity index (χ4v) is 10.3. The highest BCUT2D eigenvalue weighted by Crippen LogP contribution is 2.40. The van der Waals surface area contributed by atoms with Crippen LogP contribution < -0.4 is 0 Å². The fraction of sp³-hybridized carbons (Fsp3) is 0. The summed E-state index contributed by atoms with van der Waals surface area (Å²) < 4.78 is 4.80. The Hall–Kier alpha value is -8.98. The van der Waals surface area contributed by atoms with Crippen molar-refractivity contribution in [2.75, 3.05) is 0 Å². The van der Waals surface area contributed by atoms with Crippen molar-refractivity contribution in [3.8, 4) is 78.1 Å². The van der Waals surface area contributed by atoms with Crippen molar-refractivity contribution in [2.24, 2.45) is 0 Å². The third-order valence-electron chi connectivity index (χ3n) is 13.7. The quantitative estimate of drug-likeness (QED) is 0.144. The van der Waals surface area contributed by atoms with Gasteiger partial charge in [0.15, 0.2) is 0 Å². The van der Waals surface area contributed by atoms with Crippen LogP contribution in [0.1, 0.15) is 0 Å². The third kappa shape index (κ3) is 6.90. The first-order chi connectivity index (χ1) is 33.7. The minimum Gasteiger partial charge on any atom is -0.309 e. The van der Waals surface area contributed by atoms with Gasteiger partial charge in [-0.3, -0.25) is 0 Å². The first-order valence-corrected chi connectivity index (χ1v) is 23.4. The lowest BCUT2D eigenvalue weighted by Gasteiger charge is -2.09. The molecule has 2 aromatic heterocycles. The summed E-state index contributed by atoms with van der Waals surface area (Å²) in [6.45, 7) is 0. The average molecular weight is 865 g/mol. The van der Waals surface area contributed by atoms with Crippen molar-refractivity contribution in [2.45, 2.75) is 0 Å². The van der Waals surface area contributed by atoms with Crippen LogP contribution >= 0.6 is 0 Å². The minimum absolute atomic E-state index is 1.15. The summed E-state index contributed by atoms with van der Waals surface area (Å²) in [4.78, 5) is 0. The zero-order valence-corrected chi connectivity index (χ0v) is 37.3. The summed E-state index contributed by atoms with van der Waals surface area (Å²) in [6.07, 6.45) is 0. The van der Waals surface area contributed by atoms with E-state index in [1.165, 1.54) is 110 Å². The molecule has 11 aromatic carbocycles. The van der Waals surface area contributed by atoms with Gasteiger partial charge in [0.05, 0.1) is 22.1 Å².